The van der Waals surface area contributed by atoms with Gasteiger partial charge in [0, 0.05) is 12.5 Å². The molecule has 0 unspecified atom stereocenters. The molecular formula is C13H16F3NO6S. The number of aryl methyl sites for hydroxylation is 1. The van der Waals surface area contributed by atoms with Crippen molar-refractivity contribution < 1.29 is 45.0 Å². The fourth-order valence-corrected chi connectivity index (χ4v) is 1.34. The highest BCUT2D eigenvalue weighted by molar-refractivity contribution is 7.86. The first-order chi connectivity index (χ1) is 11.0. The van der Waals surface area contributed by atoms with Gasteiger partial charge in [-0.2, -0.15) is 17.7 Å². The lowest BCUT2D eigenvalue weighted by Gasteiger charge is -2.08. The van der Waals surface area contributed by atoms with E-state index in [0.29, 0.717) is 18.0 Å². The number of rotatable bonds is 5. The minimum atomic E-state index is -6.09. The van der Waals surface area contributed by atoms with Crippen molar-refractivity contribution in [2.24, 2.45) is 0 Å². The molecule has 24 heavy (non-hydrogen) atoms. The van der Waals surface area contributed by atoms with Crippen LogP contribution in [0.1, 0.15) is 16.9 Å². The molecule has 1 heterocycles. The monoisotopic (exact) mass is 371 g/mol. The SMILES string of the molecule is C=CCC[n+]1ccc(OC)cc1C(=O)OC.O=S(=O)([O-])C(F)(F)F. The number of pyridine rings is 1. The van der Waals surface area contributed by atoms with Gasteiger partial charge in [0.2, 0.25) is 0 Å². The molecule has 0 fully saturated rings. The van der Waals surface area contributed by atoms with Gasteiger partial charge in [-0.25, -0.2) is 13.2 Å². The summed E-state index contributed by atoms with van der Waals surface area (Å²) in [5.41, 5.74) is -5.17. The van der Waals surface area contributed by atoms with Crippen LogP contribution in [0.25, 0.3) is 0 Å². The van der Waals surface area contributed by atoms with E-state index in [4.69, 9.17) is 22.4 Å². The Labute approximate surface area is 137 Å². The van der Waals surface area contributed by atoms with Gasteiger partial charge < -0.3 is 14.0 Å². The summed E-state index contributed by atoms with van der Waals surface area (Å²) >= 11 is 0. The van der Waals surface area contributed by atoms with E-state index in [1.807, 2.05) is 4.57 Å². The van der Waals surface area contributed by atoms with Crippen molar-refractivity contribution in [3.63, 3.8) is 0 Å². The second-order valence-electron chi connectivity index (χ2n) is 4.11. The lowest BCUT2D eigenvalue weighted by atomic mass is 10.3. The summed E-state index contributed by atoms with van der Waals surface area (Å²) < 4.78 is 70.5. The molecular weight excluding hydrogens is 355 g/mol. The van der Waals surface area contributed by atoms with Gasteiger partial charge in [-0.1, -0.05) is 6.08 Å². The number of methoxy groups -OCH3 is 2. The predicted octanol–water partition coefficient (Wildman–Crippen LogP) is 1.40. The Morgan fingerprint density at radius 2 is 1.96 bits per heavy atom. The average Bonchev–Trinajstić information content (AvgIpc) is 2.50. The van der Waals surface area contributed by atoms with Crippen LogP contribution in [-0.2, 0) is 21.4 Å². The molecule has 11 heteroatoms. The average molecular weight is 371 g/mol. The van der Waals surface area contributed by atoms with Crippen molar-refractivity contribution in [2.75, 3.05) is 14.2 Å². The van der Waals surface area contributed by atoms with Gasteiger partial charge in [0.15, 0.2) is 22.9 Å². The molecule has 0 aromatic carbocycles. The fourth-order valence-electron chi connectivity index (χ4n) is 1.34. The van der Waals surface area contributed by atoms with Crippen LogP contribution >= 0.6 is 0 Å². The molecule has 1 aromatic heterocycles. The van der Waals surface area contributed by atoms with Crippen molar-refractivity contribution in [2.45, 2.75) is 18.5 Å². The van der Waals surface area contributed by atoms with Gasteiger partial charge in [-0.3, -0.25) is 0 Å². The molecule has 1 aromatic rings. The first-order valence-electron chi connectivity index (χ1n) is 6.26. The summed E-state index contributed by atoms with van der Waals surface area (Å²) in [5, 5.41) is 0. The number of allylic oxidation sites excluding steroid dienone is 1. The Bertz CT molecular complexity index is 673. The number of hydrogen-bond donors (Lipinski definition) is 0. The number of esters is 1. The third kappa shape index (κ3) is 6.96. The fraction of sp³-hybridized carbons (Fsp3) is 0.385. The van der Waals surface area contributed by atoms with Crippen LogP contribution in [0.2, 0.25) is 0 Å². The van der Waals surface area contributed by atoms with Gasteiger partial charge in [0.1, 0.15) is 5.75 Å². The number of nitrogens with zero attached hydrogens (tertiary/aromatic N) is 1. The van der Waals surface area contributed by atoms with E-state index in [1.165, 1.54) is 7.11 Å². The number of alkyl halides is 3. The Morgan fingerprint density at radius 1 is 1.42 bits per heavy atom. The summed E-state index contributed by atoms with van der Waals surface area (Å²) in [5.74, 6) is 0.262. The van der Waals surface area contributed by atoms with Crippen LogP contribution in [0.4, 0.5) is 13.2 Å². The highest BCUT2D eigenvalue weighted by Crippen LogP contribution is 2.20. The number of carbonyl (C=O) groups is 1. The molecule has 136 valence electrons. The maximum Gasteiger partial charge on any atom is 0.485 e. The number of hydrogen-bond acceptors (Lipinski definition) is 6. The molecule has 0 aliphatic rings. The molecule has 0 aliphatic heterocycles. The third-order valence-electron chi connectivity index (χ3n) is 2.49. The highest BCUT2D eigenvalue weighted by Gasteiger charge is 2.36. The lowest BCUT2D eigenvalue weighted by Crippen LogP contribution is -2.40. The van der Waals surface area contributed by atoms with Crippen molar-refractivity contribution in [1.82, 2.24) is 0 Å². The highest BCUT2D eigenvalue weighted by atomic mass is 32.2. The quantitative estimate of drug-likeness (QED) is 0.255. The molecule has 0 aliphatic carbocycles. The Morgan fingerprint density at radius 3 is 2.33 bits per heavy atom. The normalized spacial score (nSPS) is 11.1. The summed E-state index contributed by atoms with van der Waals surface area (Å²) in [4.78, 5) is 11.5. The Hall–Kier alpha value is -2.14. The topological polar surface area (TPSA) is 96.6 Å². The molecule has 1 rings (SSSR count). The zero-order valence-corrected chi connectivity index (χ0v) is 13.7. The minimum absolute atomic E-state index is 0.372. The first-order valence-corrected chi connectivity index (χ1v) is 7.67. The largest absolute Gasteiger partial charge is 0.741 e. The molecule has 0 spiro atoms. The molecule has 0 saturated heterocycles. The summed E-state index contributed by atoms with van der Waals surface area (Å²) in [6, 6.07) is 3.46. The first kappa shape index (κ1) is 21.9. The standard InChI is InChI=1S/C12H16NO3.CHF3O3S/c1-4-5-7-13-8-6-10(15-2)9-11(13)12(14)16-3;2-1(3,4)8(5,6)7/h4,6,8-9H,1,5,7H2,2-3H3;(H,5,6,7)/q+1;/p-1. The second-order valence-corrected chi connectivity index (χ2v) is 5.49. The summed E-state index contributed by atoms with van der Waals surface area (Å²) in [7, 11) is -3.17. The van der Waals surface area contributed by atoms with E-state index >= 15 is 0 Å². The Kier molecular flexibility index (Phi) is 8.40. The maximum absolute atomic E-state index is 11.5. The van der Waals surface area contributed by atoms with Gasteiger partial charge >= 0.3 is 11.5 Å². The van der Waals surface area contributed by atoms with Crippen LogP contribution < -0.4 is 9.30 Å². The molecule has 0 saturated carbocycles. The van der Waals surface area contributed by atoms with E-state index in [2.05, 4.69) is 6.58 Å². The molecule has 0 amide bonds. The number of carbonyl (C=O) groups excluding carboxylic acids is 1. The second kappa shape index (κ2) is 9.23. The smallest absolute Gasteiger partial charge is 0.485 e. The molecule has 0 radical (unpaired) electrons. The van der Waals surface area contributed by atoms with Crippen molar-refractivity contribution in [1.29, 1.82) is 0 Å². The van der Waals surface area contributed by atoms with Crippen LogP contribution in [0, 0.1) is 0 Å². The van der Waals surface area contributed by atoms with Crippen molar-refractivity contribution in [3.8, 4) is 5.75 Å². The maximum atomic E-state index is 11.5. The van der Waals surface area contributed by atoms with E-state index < -0.39 is 15.6 Å². The van der Waals surface area contributed by atoms with Crippen LogP contribution in [0.5, 0.6) is 5.75 Å². The number of ether oxygens (including phenoxy) is 2. The van der Waals surface area contributed by atoms with Gasteiger partial charge in [-0.05, 0) is 0 Å². The van der Waals surface area contributed by atoms with E-state index in [-0.39, 0.29) is 5.97 Å². The third-order valence-corrected chi connectivity index (χ3v) is 3.06. The van der Waals surface area contributed by atoms with Crippen LogP contribution in [0.3, 0.4) is 0 Å². The van der Waals surface area contributed by atoms with Crippen LogP contribution in [-0.4, -0.2) is 38.7 Å². The zero-order valence-electron chi connectivity index (χ0n) is 12.9. The van der Waals surface area contributed by atoms with Crippen LogP contribution in [0.15, 0.2) is 31.0 Å². The Balaban J connectivity index is 0.000000561. The molecule has 0 N–H and O–H groups in total. The van der Waals surface area contributed by atoms with E-state index in [1.54, 1.807) is 31.5 Å². The summed E-state index contributed by atoms with van der Waals surface area (Å²) in [6.45, 7) is 4.34. The van der Waals surface area contributed by atoms with E-state index in [0.717, 1.165) is 6.42 Å². The molecule has 0 atom stereocenters. The van der Waals surface area contributed by atoms with Gasteiger partial charge in [0.05, 0.1) is 20.3 Å². The van der Waals surface area contributed by atoms with Crippen molar-refractivity contribution >= 4 is 16.1 Å². The van der Waals surface area contributed by atoms with Crippen molar-refractivity contribution in [3.05, 3.63) is 36.7 Å². The minimum Gasteiger partial charge on any atom is -0.741 e. The lowest BCUT2D eigenvalue weighted by molar-refractivity contribution is -0.698. The molecule has 0 bridgehead atoms. The zero-order chi connectivity index (χ0) is 19.0. The number of halogens is 3. The van der Waals surface area contributed by atoms with Gasteiger partial charge in [-0.15, -0.1) is 6.58 Å². The number of aromatic nitrogens is 1. The molecule has 7 nitrogen and oxygen atoms in total. The summed E-state index contributed by atoms with van der Waals surface area (Å²) in [6.07, 6.45) is 4.40. The predicted molar refractivity (Wildman–Crippen MR) is 75.1 cm³/mol. The van der Waals surface area contributed by atoms with Gasteiger partial charge in [0.25, 0.3) is 5.69 Å². The van der Waals surface area contributed by atoms with E-state index in [9.17, 15) is 18.0 Å².